The van der Waals surface area contributed by atoms with Gasteiger partial charge in [0, 0.05) is 25.4 Å². The molecule has 1 amide bonds. The van der Waals surface area contributed by atoms with Crippen molar-refractivity contribution in [2.75, 3.05) is 13.1 Å². The number of rotatable bonds is 5. The Kier molecular flexibility index (Phi) is 5.74. The summed E-state index contributed by atoms with van der Waals surface area (Å²) in [5.41, 5.74) is 0.578. The van der Waals surface area contributed by atoms with Crippen LogP contribution in [0, 0.1) is 17.3 Å². The summed E-state index contributed by atoms with van der Waals surface area (Å²) in [6, 6.07) is 0. The fraction of sp³-hybridized carbons (Fsp3) is 0.682. The van der Waals surface area contributed by atoms with Crippen LogP contribution in [0.25, 0.3) is 0 Å². The van der Waals surface area contributed by atoms with Gasteiger partial charge in [-0.2, -0.15) is 0 Å². The number of fused-ring (bicyclic) bond motifs is 1. The van der Waals surface area contributed by atoms with Gasteiger partial charge in [-0.05, 0) is 43.3 Å². The number of likely N-dealkylation sites (tertiary alicyclic amines) is 1. The maximum absolute atomic E-state index is 13.4. The van der Waals surface area contributed by atoms with E-state index in [0.717, 1.165) is 50.7 Å². The van der Waals surface area contributed by atoms with Crippen molar-refractivity contribution >= 4 is 17.6 Å². The Morgan fingerprint density at radius 1 is 1.21 bits per heavy atom. The first-order valence-electron chi connectivity index (χ1n) is 10.7. The Morgan fingerprint density at radius 3 is 2.62 bits per heavy atom. The van der Waals surface area contributed by atoms with Crippen LogP contribution < -0.4 is 0 Å². The molecule has 7 heteroatoms. The zero-order valence-corrected chi connectivity index (χ0v) is 16.7. The van der Waals surface area contributed by atoms with Crippen molar-refractivity contribution in [1.82, 2.24) is 4.90 Å². The van der Waals surface area contributed by atoms with Crippen LogP contribution in [-0.2, 0) is 14.4 Å². The number of carbonyl (C=O) groups excluding carboxylic acids is 1. The fourth-order valence-corrected chi connectivity index (χ4v) is 5.41. The number of amides is 1. The minimum atomic E-state index is -0.807. The summed E-state index contributed by atoms with van der Waals surface area (Å²) in [6.45, 7) is 1.30. The van der Waals surface area contributed by atoms with Crippen molar-refractivity contribution in [2.24, 2.45) is 22.4 Å². The average molecular weight is 404 g/mol. The van der Waals surface area contributed by atoms with Crippen LogP contribution in [0.4, 0.5) is 4.39 Å². The lowest BCUT2D eigenvalue weighted by atomic mass is 9.69. The van der Waals surface area contributed by atoms with Gasteiger partial charge in [-0.25, -0.2) is 4.39 Å². The molecule has 2 heterocycles. The maximum Gasteiger partial charge on any atom is 0.303 e. The second-order valence-electron chi connectivity index (χ2n) is 8.99. The van der Waals surface area contributed by atoms with E-state index in [9.17, 15) is 19.1 Å². The predicted molar refractivity (Wildman–Crippen MR) is 106 cm³/mol. The molecule has 0 spiro atoms. The molecule has 1 saturated carbocycles. The highest BCUT2D eigenvalue weighted by atomic mass is 19.1. The molecule has 4 aliphatic rings. The van der Waals surface area contributed by atoms with Gasteiger partial charge < -0.3 is 14.8 Å². The number of carboxylic acid groups (broad SMARTS) is 1. The fourth-order valence-electron chi connectivity index (χ4n) is 5.41. The summed E-state index contributed by atoms with van der Waals surface area (Å²) >= 11 is 0. The Hall–Kier alpha value is -2.18. The third kappa shape index (κ3) is 4.38. The molecular formula is C22H29FN2O4. The minimum Gasteiger partial charge on any atom is -0.481 e. The molecule has 0 aromatic rings. The van der Waals surface area contributed by atoms with Crippen molar-refractivity contribution in [3.63, 3.8) is 0 Å². The zero-order valence-electron chi connectivity index (χ0n) is 16.7. The molecule has 2 unspecified atom stereocenters. The van der Waals surface area contributed by atoms with E-state index in [-0.39, 0.29) is 41.5 Å². The number of nitrogens with zero attached hydrogens (tertiary/aromatic N) is 2. The number of oxime groups is 1. The summed E-state index contributed by atoms with van der Waals surface area (Å²) in [4.78, 5) is 31.6. The predicted octanol–water partition coefficient (Wildman–Crippen LogP) is 3.83. The SMILES string of the molecule is O=C(O)CC1(CC(=O)N2CCC(C3=NOC4C=C(F)C=CC34)CC2)CCCCC1. The quantitative estimate of drug-likeness (QED) is 0.755. The highest BCUT2D eigenvalue weighted by molar-refractivity contribution is 5.92. The van der Waals surface area contributed by atoms with Gasteiger partial charge in [0.05, 0.1) is 18.1 Å². The van der Waals surface area contributed by atoms with Gasteiger partial charge in [-0.15, -0.1) is 0 Å². The van der Waals surface area contributed by atoms with E-state index in [1.807, 2.05) is 11.0 Å². The van der Waals surface area contributed by atoms with Gasteiger partial charge in [0.2, 0.25) is 5.91 Å². The number of allylic oxidation sites excluding steroid dienone is 2. The van der Waals surface area contributed by atoms with Crippen LogP contribution in [-0.4, -0.2) is 46.8 Å². The third-order valence-corrected chi connectivity index (χ3v) is 6.99. The smallest absolute Gasteiger partial charge is 0.303 e. The lowest BCUT2D eigenvalue weighted by Gasteiger charge is -2.39. The molecule has 1 N–H and O–H groups in total. The van der Waals surface area contributed by atoms with Crippen molar-refractivity contribution in [3.8, 4) is 0 Å². The lowest BCUT2D eigenvalue weighted by molar-refractivity contribution is -0.143. The van der Waals surface area contributed by atoms with Gasteiger partial charge in [0.1, 0.15) is 5.83 Å². The normalized spacial score (nSPS) is 28.9. The Balaban J connectivity index is 1.33. The maximum atomic E-state index is 13.4. The second kappa shape index (κ2) is 8.28. The van der Waals surface area contributed by atoms with E-state index in [1.165, 1.54) is 12.2 Å². The molecule has 0 radical (unpaired) electrons. The van der Waals surface area contributed by atoms with E-state index in [1.54, 1.807) is 0 Å². The Morgan fingerprint density at radius 2 is 1.93 bits per heavy atom. The van der Waals surface area contributed by atoms with Crippen LogP contribution in [0.15, 0.2) is 29.2 Å². The molecule has 2 atom stereocenters. The molecule has 0 bridgehead atoms. The van der Waals surface area contributed by atoms with Crippen molar-refractivity contribution in [3.05, 3.63) is 24.1 Å². The van der Waals surface area contributed by atoms with E-state index >= 15 is 0 Å². The Bertz CT molecular complexity index is 746. The van der Waals surface area contributed by atoms with Crippen LogP contribution >= 0.6 is 0 Å². The summed E-state index contributed by atoms with van der Waals surface area (Å²) in [5.74, 6) is -0.797. The van der Waals surface area contributed by atoms with Crippen LogP contribution in [0.2, 0.25) is 0 Å². The number of aliphatic carboxylic acids is 1. The third-order valence-electron chi connectivity index (χ3n) is 6.99. The van der Waals surface area contributed by atoms with E-state index in [0.29, 0.717) is 19.5 Å². The molecule has 0 aromatic carbocycles. The lowest BCUT2D eigenvalue weighted by Crippen LogP contribution is -2.44. The highest BCUT2D eigenvalue weighted by Crippen LogP contribution is 2.43. The van der Waals surface area contributed by atoms with Crippen LogP contribution in [0.3, 0.4) is 0 Å². The summed E-state index contributed by atoms with van der Waals surface area (Å²) < 4.78 is 13.4. The number of piperidine rings is 1. The molecule has 29 heavy (non-hydrogen) atoms. The largest absolute Gasteiger partial charge is 0.481 e. The molecule has 2 fully saturated rings. The highest BCUT2D eigenvalue weighted by Gasteiger charge is 2.41. The molecule has 2 aliphatic carbocycles. The van der Waals surface area contributed by atoms with Gasteiger partial charge in [-0.1, -0.05) is 30.5 Å². The number of halogens is 1. The van der Waals surface area contributed by atoms with Crippen molar-refractivity contribution in [1.29, 1.82) is 0 Å². The van der Waals surface area contributed by atoms with Gasteiger partial charge in [0.25, 0.3) is 0 Å². The topological polar surface area (TPSA) is 79.2 Å². The first-order valence-corrected chi connectivity index (χ1v) is 10.7. The number of hydrogen-bond donors (Lipinski definition) is 1. The van der Waals surface area contributed by atoms with Crippen LogP contribution in [0.1, 0.15) is 57.8 Å². The van der Waals surface area contributed by atoms with Gasteiger partial charge in [-0.3, -0.25) is 9.59 Å². The number of hydrogen-bond acceptors (Lipinski definition) is 4. The van der Waals surface area contributed by atoms with Crippen molar-refractivity contribution < 1.29 is 23.9 Å². The van der Waals surface area contributed by atoms with E-state index in [2.05, 4.69) is 5.16 Å². The monoisotopic (exact) mass is 404 g/mol. The summed E-state index contributed by atoms with van der Waals surface area (Å²) in [7, 11) is 0. The van der Waals surface area contributed by atoms with Gasteiger partial charge >= 0.3 is 5.97 Å². The molecule has 1 saturated heterocycles. The minimum absolute atomic E-state index is 0.0113. The van der Waals surface area contributed by atoms with E-state index in [4.69, 9.17) is 4.84 Å². The average Bonchev–Trinajstić information content (AvgIpc) is 3.11. The summed E-state index contributed by atoms with van der Waals surface area (Å²) in [5, 5.41) is 13.6. The zero-order chi connectivity index (χ0) is 20.4. The standard InChI is InChI=1S/C22H29FN2O4/c23-16-4-5-17-18(12-16)29-24-21(17)15-6-10-25(11-7-15)19(26)13-22(14-20(27)28)8-2-1-3-9-22/h4-5,12,15,17-18H,1-3,6-11,13-14H2,(H,27,28). The molecule has 4 rings (SSSR count). The number of carbonyl (C=O) groups is 2. The molecule has 0 aromatic heterocycles. The van der Waals surface area contributed by atoms with E-state index < -0.39 is 5.97 Å². The first kappa shape index (κ1) is 20.1. The molecule has 158 valence electrons. The first-order chi connectivity index (χ1) is 14.0. The number of carboxylic acids is 1. The van der Waals surface area contributed by atoms with Gasteiger partial charge in [0.15, 0.2) is 6.10 Å². The second-order valence-corrected chi connectivity index (χ2v) is 8.99. The molecule has 2 aliphatic heterocycles. The molecular weight excluding hydrogens is 375 g/mol. The summed E-state index contributed by atoms with van der Waals surface area (Å²) in [6.07, 6.45) is 11.2. The van der Waals surface area contributed by atoms with Crippen LogP contribution in [0.5, 0.6) is 0 Å². The van der Waals surface area contributed by atoms with Crippen molar-refractivity contribution in [2.45, 2.75) is 63.9 Å². The Labute approximate surface area is 170 Å². The molecule has 6 nitrogen and oxygen atoms in total.